The van der Waals surface area contributed by atoms with Gasteiger partial charge < -0.3 is 10.2 Å². The van der Waals surface area contributed by atoms with Gasteiger partial charge in [-0.2, -0.15) is 0 Å². The summed E-state index contributed by atoms with van der Waals surface area (Å²) >= 11 is 0. The number of rotatable bonds is 5. The zero-order chi connectivity index (χ0) is 23.8. The highest BCUT2D eigenvalue weighted by Gasteiger charge is 2.40. The van der Waals surface area contributed by atoms with E-state index >= 15 is 0 Å². The summed E-state index contributed by atoms with van der Waals surface area (Å²) in [5.41, 5.74) is 1.76. The van der Waals surface area contributed by atoms with Gasteiger partial charge in [-0.3, -0.25) is 4.79 Å². The minimum Gasteiger partial charge on any atom is -0.349 e. The number of alkyl halides is 2. The van der Waals surface area contributed by atoms with Gasteiger partial charge >= 0.3 is 0 Å². The summed E-state index contributed by atoms with van der Waals surface area (Å²) < 4.78 is 42.7. The van der Waals surface area contributed by atoms with E-state index in [9.17, 15) is 18.0 Å². The third kappa shape index (κ3) is 4.81. The first kappa shape index (κ1) is 22.7. The number of aryl methyl sites for hydroxylation is 1. The van der Waals surface area contributed by atoms with Gasteiger partial charge in [0.1, 0.15) is 11.6 Å². The minimum absolute atomic E-state index is 0.0643. The number of amides is 1. The maximum Gasteiger partial charge on any atom is 0.266 e. The first-order chi connectivity index (χ1) is 15.6. The number of carbonyl (C=O) groups is 1. The van der Waals surface area contributed by atoms with Crippen LogP contribution in [-0.4, -0.2) is 39.9 Å². The average molecular weight is 455 g/mol. The van der Waals surface area contributed by atoms with E-state index < -0.39 is 24.2 Å². The molecule has 1 aliphatic rings. The molecule has 0 radical (unpaired) electrons. The molecule has 1 aliphatic heterocycles. The van der Waals surface area contributed by atoms with Crippen LogP contribution in [0.25, 0.3) is 11.1 Å². The first-order valence-corrected chi connectivity index (χ1v) is 10.7. The van der Waals surface area contributed by atoms with Gasteiger partial charge in [-0.1, -0.05) is 25.5 Å². The van der Waals surface area contributed by atoms with Crippen molar-refractivity contribution >= 4 is 17.4 Å². The van der Waals surface area contributed by atoms with Crippen LogP contribution in [0.2, 0.25) is 0 Å². The molecule has 172 valence electrons. The second kappa shape index (κ2) is 8.80. The van der Waals surface area contributed by atoms with Crippen molar-refractivity contribution in [2.24, 2.45) is 0 Å². The number of nitrogens with zero attached hydrogens (tertiary/aromatic N) is 4. The van der Waals surface area contributed by atoms with Gasteiger partial charge in [0.25, 0.3) is 11.8 Å². The zero-order valence-electron chi connectivity index (χ0n) is 18.6. The largest absolute Gasteiger partial charge is 0.349 e. The van der Waals surface area contributed by atoms with Gasteiger partial charge in [0, 0.05) is 48.6 Å². The molecular formula is C24H24F3N5O. The summed E-state index contributed by atoms with van der Waals surface area (Å²) in [6.07, 6.45) is 3.92. The lowest BCUT2D eigenvalue weighted by atomic mass is 10.0. The van der Waals surface area contributed by atoms with Gasteiger partial charge in [-0.05, 0) is 25.1 Å². The fraction of sp³-hybridized carbons (Fsp3) is 0.333. The number of aromatic nitrogens is 3. The molecule has 6 nitrogen and oxygen atoms in total. The Balaban J connectivity index is 1.78. The maximum atomic E-state index is 14.8. The van der Waals surface area contributed by atoms with Crippen molar-refractivity contribution in [3.63, 3.8) is 0 Å². The Morgan fingerprint density at radius 1 is 1.12 bits per heavy atom. The van der Waals surface area contributed by atoms with Crippen LogP contribution in [0.1, 0.15) is 47.9 Å². The van der Waals surface area contributed by atoms with E-state index in [2.05, 4.69) is 20.3 Å². The summed E-state index contributed by atoms with van der Waals surface area (Å²) in [6.45, 7) is 5.22. The molecule has 0 spiro atoms. The lowest BCUT2D eigenvalue weighted by molar-refractivity contribution is 0.0257. The summed E-state index contributed by atoms with van der Waals surface area (Å²) in [7, 11) is 0. The van der Waals surface area contributed by atoms with Crippen molar-refractivity contribution in [3.8, 4) is 11.1 Å². The maximum absolute atomic E-state index is 14.8. The normalized spacial score (nSPS) is 15.2. The average Bonchev–Trinajstić information content (AvgIpc) is 3.15. The molecule has 1 aromatic carbocycles. The van der Waals surface area contributed by atoms with E-state index in [1.807, 2.05) is 20.8 Å². The van der Waals surface area contributed by atoms with Gasteiger partial charge in [-0.25, -0.2) is 28.1 Å². The van der Waals surface area contributed by atoms with Gasteiger partial charge in [0.2, 0.25) is 0 Å². The number of halogens is 3. The van der Waals surface area contributed by atoms with Crippen LogP contribution in [0.4, 0.5) is 24.7 Å². The lowest BCUT2D eigenvalue weighted by Gasteiger charge is -2.23. The molecule has 1 fully saturated rings. The Hall–Kier alpha value is -3.49. The second-order valence-corrected chi connectivity index (χ2v) is 8.51. The van der Waals surface area contributed by atoms with Crippen molar-refractivity contribution in [2.45, 2.75) is 39.0 Å². The smallest absolute Gasteiger partial charge is 0.266 e. The molecule has 3 heterocycles. The van der Waals surface area contributed by atoms with Crippen molar-refractivity contribution in [2.75, 3.05) is 23.3 Å². The van der Waals surface area contributed by atoms with Crippen LogP contribution in [0, 0.1) is 12.7 Å². The van der Waals surface area contributed by atoms with Gasteiger partial charge in [0.15, 0.2) is 5.82 Å². The Kier molecular flexibility index (Phi) is 6.05. The third-order valence-electron chi connectivity index (χ3n) is 5.50. The summed E-state index contributed by atoms with van der Waals surface area (Å²) in [5, 5.41) is 2.76. The van der Waals surface area contributed by atoms with Crippen molar-refractivity contribution in [3.05, 3.63) is 65.6 Å². The fourth-order valence-corrected chi connectivity index (χ4v) is 3.74. The van der Waals surface area contributed by atoms with Crippen LogP contribution < -0.4 is 10.2 Å². The Labute approximate surface area is 189 Å². The van der Waals surface area contributed by atoms with Crippen LogP contribution in [0.15, 0.2) is 42.9 Å². The van der Waals surface area contributed by atoms with E-state index in [0.29, 0.717) is 11.4 Å². The van der Waals surface area contributed by atoms with Gasteiger partial charge in [-0.15, -0.1) is 0 Å². The highest BCUT2D eigenvalue weighted by atomic mass is 19.3. The molecular weight excluding hydrogens is 431 g/mol. The Morgan fingerprint density at radius 3 is 2.48 bits per heavy atom. The first-order valence-electron chi connectivity index (χ1n) is 10.7. The number of anilines is 2. The predicted octanol–water partition coefficient (Wildman–Crippen LogP) is 5.21. The van der Waals surface area contributed by atoms with E-state index in [-0.39, 0.29) is 41.5 Å². The highest BCUT2D eigenvalue weighted by molar-refractivity contribution is 6.08. The summed E-state index contributed by atoms with van der Waals surface area (Å²) in [5.74, 6) is -3.05. The van der Waals surface area contributed by atoms with Crippen LogP contribution in [0.3, 0.4) is 0 Å². The summed E-state index contributed by atoms with van der Waals surface area (Å²) in [4.78, 5) is 27.1. The van der Waals surface area contributed by atoms with E-state index in [0.717, 1.165) is 5.56 Å². The molecule has 9 heteroatoms. The zero-order valence-corrected chi connectivity index (χ0v) is 18.6. The Bertz CT molecular complexity index is 1180. The van der Waals surface area contributed by atoms with E-state index in [1.54, 1.807) is 18.2 Å². The predicted molar refractivity (Wildman–Crippen MR) is 120 cm³/mol. The van der Waals surface area contributed by atoms with E-state index in [1.165, 1.54) is 29.6 Å². The van der Waals surface area contributed by atoms with Crippen molar-refractivity contribution in [1.82, 2.24) is 15.0 Å². The molecule has 0 atom stereocenters. The molecule has 1 amide bonds. The summed E-state index contributed by atoms with van der Waals surface area (Å²) in [6, 6.07) is 6.17. The van der Waals surface area contributed by atoms with Crippen LogP contribution in [-0.2, 0) is 0 Å². The molecule has 0 saturated carbocycles. The number of hydrogen-bond acceptors (Lipinski definition) is 5. The third-order valence-corrected chi connectivity index (χ3v) is 5.50. The monoisotopic (exact) mass is 455 g/mol. The molecule has 1 saturated heterocycles. The number of benzene rings is 1. The number of pyridine rings is 1. The standard InChI is InChI=1S/C24H24F3N5O/c1-14(2)21-29-11-16(12-30-21)23(33)31-20-17(18-10-15(3)4-5-19(18)25)6-8-28-22(20)32-9-7-24(26,27)13-32/h4-6,8,10-12,14H,7,9,13H2,1-3H3,(H,31,33). The SMILES string of the molecule is Cc1ccc(F)c(-c2ccnc(N3CCC(F)(F)C3)c2NC(=O)c2cnc(C(C)C)nc2)c1. The number of nitrogens with one attached hydrogen (secondary N) is 1. The molecule has 33 heavy (non-hydrogen) atoms. The molecule has 0 unspecified atom stereocenters. The van der Waals surface area contributed by atoms with Gasteiger partial charge in [0.05, 0.1) is 17.8 Å². The topological polar surface area (TPSA) is 71.0 Å². The quantitative estimate of drug-likeness (QED) is 0.572. The Morgan fingerprint density at radius 2 is 1.85 bits per heavy atom. The van der Waals surface area contributed by atoms with Crippen molar-refractivity contribution < 1.29 is 18.0 Å². The molecule has 2 aromatic heterocycles. The second-order valence-electron chi connectivity index (χ2n) is 8.51. The molecule has 0 bridgehead atoms. The van der Waals surface area contributed by atoms with Crippen LogP contribution >= 0.6 is 0 Å². The minimum atomic E-state index is -2.87. The molecule has 4 rings (SSSR count). The fourth-order valence-electron chi connectivity index (χ4n) is 3.74. The molecule has 1 N–H and O–H groups in total. The number of carbonyl (C=O) groups excluding carboxylic acids is 1. The molecule has 3 aromatic rings. The van der Waals surface area contributed by atoms with E-state index in [4.69, 9.17) is 0 Å². The van der Waals surface area contributed by atoms with Crippen molar-refractivity contribution in [1.29, 1.82) is 0 Å². The van der Waals surface area contributed by atoms with Crippen LogP contribution in [0.5, 0.6) is 0 Å². The molecule has 0 aliphatic carbocycles. The highest BCUT2D eigenvalue weighted by Crippen LogP contribution is 2.40. The number of hydrogen-bond donors (Lipinski definition) is 1. The lowest BCUT2D eigenvalue weighted by Crippen LogP contribution is -2.27.